The van der Waals surface area contributed by atoms with Gasteiger partial charge in [-0.15, -0.1) is 0 Å². The lowest BCUT2D eigenvalue weighted by Crippen LogP contribution is -2.32. The normalized spacial score (nSPS) is 41.6. The molecule has 2 rings (SSSR count). The van der Waals surface area contributed by atoms with E-state index in [1.54, 1.807) is 0 Å². The molecule has 2 fully saturated rings. The monoisotopic (exact) mass is 202 g/mol. The highest BCUT2D eigenvalue weighted by molar-refractivity contribution is 4.94. The maximum Gasteiger partial charge on any atom is 0.112 e. The Labute approximate surface area is 84.1 Å². The van der Waals surface area contributed by atoms with Crippen LogP contribution in [-0.2, 0) is 14.2 Å². The minimum atomic E-state index is 0.0173. The molecule has 0 aromatic rings. The summed E-state index contributed by atoms with van der Waals surface area (Å²) in [5.74, 6) is 0.516. The highest BCUT2D eigenvalue weighted by atomic mass is 16.6. The lowest BCUT2D eigenvalue weighted by molar-refractivity contribution is -0.0419. The van der Waals surface area contributed by atoms with Crippen LogP contribution in [0.2, 0.25) is 0 Å². The third-order valence-corrected chi connectivity index (χ3v) is 3.06. The summed E-state index contributed by atoms with van der Waals surface area (Å²) in [4.78, 5) is 0. The lowest BCUT2D eigenvalue weighted by Gasteiger charge is -2.16. The summed E-state index contributed by atoms with van der Waals surface area (Å²) in [7, 11) is 0. The Bertz CT molecular complexity index is 185. The van der Waals surface area contributed by atoms with Gasteiger partial charge in [0, 0.05) is 5.92 Å². The Morgan fingerprint density at radius 2 is 2.07 bits per heavy atom. The van der Waals surface area contributed by atoms with Crippen LogP contribution < -0.4 is 0 Å². The number of fused-ring (bicyclic) bond motifs is 1. The molecule has 0 spiro atoms. The second kappa shape index (κ2) is 4.57. The smallest absolute Gasteiger partial charge is 0.112 e. The molecule has 2 saturated heterocycles. The van der Waals surface area contributed by atoms with Crippen molar-refractivity contribution in [1.82, 2.24) is 0 Å². The van der Waals surface area contributed by atoms with Crippen LogP contribution in [0.25, 0.3) is 0 Å². The molecule has 0 amide bonds. The van der Waals surface area contributed by atoms with Crippen LogP contribution in [0.5, 0.6) is 0 Å². The van der Waals surface area contributed by atoms with Gasteiger partial charge in [-0.25, -0.2) is 0 Å². The first-order valence-corrected chi connectivity index (χ1v) is 5.32. The predicted molar refractivity (Wildman–Crippen MR) is 50.1 cm³/mol. The van der Waals surface area contributed by atoms with E-state index in [2.05, 4.69) is 6.92 Å². The average Bonchev–Trinajstić information content (AvgIpc) is 2.75. The molecule has 0 saturated carbocycles. The van der Waals surface area contributed by atoms with Crippen molar-refractivity contribution in [1.29, 1.82) is 0 Å². The second-order valence-electron chi connectivity index (χ2n) is 3.90. The summed E-state index contributed by atoms with van der Waals surface area (Å²) >= 11 is 0. The first kappa shape index (κ1) is 10.4. The Kier molecular flexibility index (Phi) is 3.38. The topological polar surface area (TPSA) is 47.9 Å². The summed E-state index contributed by atoms with van der Waals surface area (Å²) in [5, 5.41) is 8.66. The Balaban J connectivity index is 1.87. The van der Waals surface area contributed by atoms with Crippen molar-refractivity contribution in [2.45, 2.75) is 31.7 Å². The number of hydrogen-bond donors (Lipinski definition) is 1. The Hall–Kier alpha value is -0.160. The van der Waals surface area contributed by atoms with Crippen molar-refractivity contribution in [3.8, 4) is 0 Å². The Morgan fingerprint density at radius 1 is 1.29 bits per heavy atom. The largest absolute Gasteiger partial charge is 0.394 e. The second-order valence-corrected chi connectivity index (χ2v) is 3.90. The van der Waals surface area contributed by atoms with Crippen molar-refractivity contribution in [3.05, 3.63) is 0 Å². The molecule has 2 aliphatic rings. The molecular weight excluding hydrogens is 184 g/mol. The molecular formula is C10H18O4. The van der Waals surface area contributed by atoms with Gasteiger partial charge in [-0.1, -0.05) is 6.92 Å². The van der Waals surface area contributed by atoms with Gasteiger partial charge in [-0.3, -0.25) is 0 Å². The molecule has 0 unspecified atom stereocenters. The predicted octanol–water partition coefficient (Wildman–Crippen LogP) is 0.188. The van der Waals surface area contributed by atoms with Gasteiger partial charge < -0.3 is 19.3 Å². The van der Waals surface area contributed by atoms with E-state index in [0.29, 0.717) is 19.1 Å². The molecule has 0 aliphatic carbocycles. The fourth-order valence-electron chi connectivity index (χ4n) is 2.24. The molecule has 2 aliphatic heterocycles. The van der Waals surface area contributed by atoms with Crippen LogP contribution in [0.3, 0.4) is 0 Å². The first-order valence-electron chi connectivity index (χ1n) is 5.32. The van der Waals surface area contributed by atoms with Gasteiger partial charge in [0.2, 0.25) is 0 Å². The zero-order valence-corrected chi connectivity index (χ0v) is 8.52. The van der Waals surface area contributed by atoms with Crippen molar-refractivity contribution in [3.63, 3.8) is 0 Å². The van der Waals surface area contributed by atoms with Crippen molar-refractivity contribution in [2.75, 3.05) is 26.4 Å². The highest BCUT2D eigenvalue weighted by Crippen LogP contribution is 2.33. The molecule has 0 aromatic heterocycles. The minimum Gasteiger partial charge on any atom is -0.394 e. The number of ether oxygens (including phenoxy) is 3. The van der Waals surface area contributed by atoms with E-state index in [1.807, 2.05) is 0 Å². The van der Waals surface area contributed by atoms with Gasteiger partial charge in [0.15, 0.2) is 0 Å². The van der Waals surface area contributed by atoms with Crippen molar-refractivity contribution < 1.29 is 19.3 Å². The third-order valence-electron chi connectivity index (χ3n) is 3.06. The van der Waals surface area contributed by atoms with Crippen LogP contribution in [-0.4, -0.2) is 49.8 Å². The standard InChI is InChI=1S/C10H18O4/c1-2-7-5-13-10-8(12-4-3-11)6-14-9(7)10/h7-11H,2-6H2,1H3/t7-,8+,9-,10-/m1/s1. The van der Waals surface area contributed by atoms with Gasteiger partial charge in [0.05, 0.1) is 32.5 Å². The summed E-state index contributed by atoms with van der Waals surface area (Å²) in [6.45, 7) is 3.97. The van der Waals surface area contributed by atoms with Crippen LogP contribution in [0.4, 0.5) is 0 Å². The summed E-state index contributed by atoms with van der Waals surface area (Å²) in [5.41, 5.74) is 0. The molecule has 82 valence electrons. The SMILES string of the molecule is CC[C@@H]1CO[C@H]2[C@@H]1OC[C@@H]2OCCO. The molecule has 4 nitrogen and oxygen atoms in total. The molecule has 4 atom stereocenters. The third kappa shape index (κ3) is 1.80. The molecule has 4 heteroatoms. The van der Waals surface area contributed by atoms with Gasteiger partial charge in [-0.2, -0.15) is 0 Å². The molecule has 14 heavy (non-hydrogen) atoms. The summed E-state index contributed by atoms with van der Waals surface area (Å²) in [6, 6.07) is 0. The van der Waals surface area contributed by atoms with Crippen molar-refractivity contribution >= 4 is 0 Å². The fourth-order valence-corrected chi connectivity index (χ4v) is 2.24. The van der Waals surface area contributed by atoms with Crippen LogP contribution >= 0.6 is 0 Å². The van der Waals surface area contributed by atoms with E-state index in [4.69, 9.17) is 19.3 Å². The van der Waals surface area contributed by atoms with Crippen LogP contribution in [0, 0.1) is 5.92 Å². The number of rotatable bonds is 4. The summed E-state index contributed by atoms with van der Waals surface area (Å²) < 4.78 is 16.8. The maximum absolute atomic E-state index is 8.66. The molecule has 0 radical (unpaired) electrons. The summed E-state index contributed by atoms with van der Waals surface area (Å²) in [6.07, 6.45) is 1.41. The molecule has 2 heterocycles. The lowest BCUT2D eigenvalue weighted by atomic mass is 9.99. The van der Waals surface area contributed by atoms with Gasteiger partial charge in [-0.05, 0) is 6.42 Å². The van der Waals surface area contributed by atoms with Gasteiger partial charge in [0.25, 0.3) is 0 Å². The van der Waals surface area contributed by atoms with E-state index >= 15 is 0 Å². The van der Waals surface area contributed by atoms with E-state index in [0.717, 1.165) is 13.0 Å². The number of aliphatic hydroxyl groups excluding tert-OH is 1. The van der Waals surface area contributed by atoms with Gasteiger partial charge >= 0.3 is 0 Å². The maximum atomic E-state index is 8.66. The fraction of sp³-hybridized carbons (Fsp3) is 1.00. The van der Waals surface area contributed by atoms with E-state index in [-0.39, 0.29) is 24.9 Å². The number of aliphatic hydroxyl groups is 1. The zero-order valence-electron chi connectivity index (χ0n) is 8.52. The average molecular weight is 202 g/mol. The van der Waals surface area contributed by atoms with E-state index < -0.39 is 0 Å². The zero-order chi connectivity index (χ0) is 9.97. The van der Waals surface area contributed by atoms with Gasteiger partial charge in [0.1, 0.15) is 12.2 Å². The van der Waals surface area contributed by atoms with Crippen LogP contribution in [0.1, 0.15) is 13.3 Å². The highest BCUT2D eigenvalue weighted by Gasteiger charge is 2.47. The molecule has 0 aromatic carbocycles. The Morgan fingerprint density at radius 3 is 2.79 bits per heavy atom. The van der Waals surface area contributed by atoms with E-state index in [1.165, 1.54) is 0 Å². The first-order chi connectivity index (χ1) is 6.86. The quantitative estimate of drug-likeness (QED) is 0.707. The minimum absolute atomic E-state index is 0.0173. The molecule has 0 bridgehead atoms. The van der Waals surface area contributed by atoms with E-state index in [9.17, 15) is 0 Å². The van der Waals surface area contributed by atoms with Crippen molar-refractivity contribution in [2.24, 2.45) is 5.92 Å². The number of hydrogen-bond acceptors (Lipinski definition) is 4. The molecule has 1 N–H and O–H groups in total. The van der Waals surface area contributed by atoms with Crippen LogP contribution in [0.15, 0.2) is 0 Å².